The van der Waals surface area contributed by atoms with E-state index in [0.717, 1.165) is 37.8 Å². The van der Waals surface area contributed by atoms with Gasteiger partial charge >= 0.3 is 0 Å². The van der Waals surface area contributed by atoms with Gasteiger partial charge < -0.3 is 10.1 Å². The topological polar surface area (TPSA) is 34.1 Å². The third-order valence-electron chi connectivity index (χ3n) is 2.57. The van der Waals surface area contributed by atoms with Gasteiger partial charge in [-0.3, -0.25) is 0 Å². The van der Waals surface area contributed by atoms with E-state index in [1.807, 2.05) is 12.1 Å². The lowest BCUT2D eigenvalue weighted by Gasteiger charge is -2.06. The first kappa shape index (κ1) is 11.7. The van der Waals surface area contributed by atoms with Gasteiger partial charge in [0.05, 0.1) is 0 Å². The SMILES string of the molecule is Clc1cc(NCCCOCC2CC2)ccn1. The number of halogens is 1. The molecule has 1 fully saturated rings. The summed E-state index contributed by atoms with van der Waals surface area (Å²) in [5.74, 6) is 0.854. The molecule has 1 aliphatic carbocycles. The van der Waals surface area contributed by atoms with Crippen LogP contribution >= 0.6 is 11.6 Å². The second kappa shape index (κ2) is 6.06. The summed E-state index contributed by atoms with van der Waals surface area (Å²) in [6.07, 6.45) is 5.43. The van der Waals surface area contributed by atoms with Gasteiger partial charge in [0.1, 0.15) is 5.15 Å². The number of hydrogen-bond acceptors (Lipinski definition) is 3. The Labute approximate surface area is 101 Å². The normalized spacial score (nSPS) is 15.1. The summed E-state index contributed by atoms with van der Waals surface area (Å²) in [7, 11) is 0. The second-order valence-electron chi connectivity index (χ2n) is 4.17. The summed E-state index contributed by atoms with van der Waals surface area (Å²) in [6, 6.07) is 3.74. The van der Waals surface area contributed by atoms with Crippen LogP contribution in [0.2, 0.25) is 5.15 Å². The Morgan fingerprint density at radius 1 is 1.50 bits per heavy atom. The summed E-state index contributed by atoms with van der Waals surface area (Å²) >= 11 is 5.77. The minimum atomic E-state index is 0.523. The maximum atomic E-state index is 5.77. The van der Waals surface area contributed by atoms with Crippen molar-refractivity contribution in [1.29, 1.82) is 0 Å². The van der Waals surface area contributed by atoms with Crippen molar-refractivity contribution < 1.29 is 4.74 Å². The number of nitrogens with one attached hydrogen (secondary N) is 1. The largest absolute Gasteiger partial charge is 0.385 e. The van der Waals surface area contributed by atoms with Crippen LogP contribution in [-0.2, 0) is 4.74 Å². The van der Waals surface area contributed by atoms with Crippen molar-refractivity contribution in [3.63, 3.8) is 0 Å². The fourth-order valence-electron chi connectivity index (χ4n) is 1.45. The molecular weight excluding hydrogens is 224 g/mol. The number of rotatable bonds is 7. The maximum absolute atomic E-state index is 5.77. The van der Waals surface area contributed by atoms with Crippen LogP contribution in [0.5, 0.6) is 0 Å². The van der Waals surface area contributed by atoms with Crippen LogP contribution in [0.25, 0.3) is 0 Å². The molecule has 0 bridgehead atoms. The van der Waals surface area contributed by atoms with Crippen molar-refractivity contribution in [1.82, 2.24) is 4.98 Å². The van der Waals surface area contributed by atoms with Gasteiger partial charge in [-0.05, 0) is 37.3 Å². The minimum absolute atomic E-state index is 0.523. The Balaban J connectivity index is 1.53. The van der Waals surface area contributed by atoms with Gasteiger partial charge in [-0.1, -0.05) is 11.6 Å². The molecule has 0 saturated heterocycles. The zero-order valence-corrected chi connectivity index (χ0v) is 10.0. The molecule has 1 saturated carbocycles. The van der Waals surface area contributed by atoms with Crippen molar-refractivity contribution in [2.75, 3.05) is 25.1 Å². The molecule has 1 N–H and O–H groups in total. The van der Waals surface area contributed by atoms with E-state index < -0.39 is 0 Å². The Morgan fingerprint density at radius 3 is 3.12 bits per heavy atom. The molecule has 1 aromatic heterocycles. The molecule has 0 radical (unpaired) electrons. The lowest BCUT2D eigenvalue weighted by atomic mass is 10.3. The van der Waals surface area contributed by atoms with E-state index in [4.69, 9.17) is 16.3 Å². The van der Waals surface area contributed by atoms with Crippen LogP contribution in [0.15, 0.2) is 18.3 Å². The highest BCUT2D eigenvalue weighted by molar-refractivity contribution is 6.29. The average Bonchev–Trinajstić information content (AvgIpc) is 3.07. The molecule has 0 amide bonds. The van der Waals surface area contributed by atoms with E-state index in [2.05, 4.69) is 10.3 Å². The average molecular weight is 241 g/mol. The van der Waals surface area contributed by atoms with Crippen molar-refractivity contribution >= 4 is 17.3 Å². The molecule has 2 rings (SSSR count). The van der Waals surface area contributed by atoms with E-state index in [1.165, 1.54) is 12.8 Å². The molecule has 88 valence electrons. The zero-order chi connectivity index (χ0) is 11.2. The molecule has 16 heavy (non-hydrogen) atoms. The fraction of sp³-hybridized carbons (Fsp3) is 0.583. The predicted molar refractivity (Wildman–Crippen MR) is 65.9 cm³/mol. The van der Waals surface area contributed by atoms with E-state index in [0.29, 0.717) is 5.15 Å². The fourth-order valence-corrected chi connectivity index (χ4v) is 1.63. The first-order chi connectivity index (χ1) is 7.84. The first-order valence-corrected chi connectivity index (χ1v) is 6.15. The van der Waals surface area contributed by atoms with Crippen molar-refractivity contribution in [3.05, 3.63) is 23.5 Å². The van der Waals surface area contributed by atoms with Crippen LogP contribution < -0.4 is 5.32 Å². The molecule has 0 unspecified atom stereocenters. The molecule has 1 aliphatic rings. The smallest absolute Gasteiger partial charge is 0.131 e. The number of pyridine rings is 1. The highest BCUT2D eigenvalue weighted by atomic mass is 35.5. The van der Waals surface area contributed by atoms with E-state index in [1.54, 1.807) is 6.20 Å². The Bertz CT molecular complexity index is 329. The minimum Gasteiger partial charge on any atom is -0.385 e. The van der Waals surface area contributed by atoms with Crippen LogP contribution in [-0.4, -0.2) is 24.7 Å². The maximum Gasteiger partial charge on any atom is 0.131 e. The Morgan fingerprint density at radius 2 is 2.38 bits per heavy atom. The number of hydrogen-bond donors (Lipinski definition) is 1. The molecule has 1 heterocycles. The van der Waals surface area contributed by atoms with Crippen molar-refractivity contribution in [2.24, 2.45) is 5.92 Å². The van der Waals surface area contributed by atoms with Gasteiger partial charge in [-0.25, -0.2) is 4.98 Å². The number of ether oxygens (including phenoxy) is 1. The summed E-state index contributed by atoms with van der Waals surface area (Å²) in [5, 5.41) is 3.81. The van der Waals surface area contributed by atoms with Gasteiger partial charge in [0, 0.05) is 31.6 Å². The molecule has 4 heteroatoms. The predicted octanol–water partition coefficient (Wildman–Crippen LogP) is 2.96. The monoisotopic (exact) mass is 240 g/mol. The van der Waals surface area contributed by atoms with Gasteiger partial charge in [-0.2, -0.15) is 0 Å². The zero-order valence-electron chi connectivity index (χ0n) is 9.29. The van der Waals surface area contributed by atoms with E-state index >= 15 is 0 Å². The van der Waals surface area contributed by atoms with Crippen molar-refractivity contribution in [3.8, 4) is 0 Å². The Hall–Kier alpha value is -0.800. The summed E-state index contributed by atoms with van der Waals surface area (Å²) < 4.78 is 5.54. The molecule has 0 atom stereocenters. The molecular formula is C12H17ClN2O. The van der Waals surface area contributed by atoms with E-state index in [-0.39, 0.29) is 0 Å². The van der Waals surface area contributed by atoms with Crippen molar-refractivity contribution in [2.45, 2.75) is 19.3 Å². The number of nitrogens with zero attached hydrogens (tertiary/aromatic N) is 1. The lowest BCUT2D eigenvalue weighted by molar-refractivity contribution is 0.124. The molecule has 3 nitrogen and oxygen atoms in total. The van der Waals surface area contributed by atoms with Gasteiger partial charge in [-0.15, -0.1) is 0 Å². The van der Waals surface area contributed by atoms with Crippen LogP contribution in [0.3, 0.4) is 0 Å². The van der Waals surface area contributed by atoms with Crippen LogP contribution in [0.1, 0.15) is 19.3 Å². The molecule has 1 aromatic rings. The molecule has 0 aliphatic heterocycles. The third kappa shape index (κ3) is 4.37. The van der Waals surface area contributed by atoms with E-state index in [9.17, 15) is 0 Å². The molecule has 0 aromatic carbocycles. The van der Waals surface area contributed by atoms with Crippen LogP contribution in [0.4, 0.5) is 5.69 Å². The summed E-state index contributed by atoms with van der Waals surface area (Å²) in [4.78, 5) is 3.92. The quantitative estimate of drug-likeness (QED) is 0.588. The standard InChI is InChI=1S/C12H17ClN2O/c13-12-8-11(4-6-15-12)14-5-1-7-16-9-10-2-3-10/h4,6,8,10H,1-3,5,7,9H2,(H,14,15). The third-order valence-corrected chi connectivity index (χ3v) is 2.78. The lowest BCUT2D eigenvalue weighted by Crippen LogP contribution is -2.06. The van der Waals surface area contributed by atoms with Gasteiger partial charge in [0.15, 0.2) is 0 Å². The number of aromatic nitrogens is 1. The van der Waals surface area contributed by atoms with Crippen LogP contribution in [0, 0.1) is 5.92 Å². The van der Waals surface area contributed by atoms with Gasteiger partial charge in [0.2, 0.25) is 0 Å². The van der Waals surface area contributed by atoms with Gasteiger partial charge in [0.25, 0.3) is 0 Å². The highest BCUT2D eigenvalue weighted by Gasteiger charge is 2.20. The Kier molecular flexibility index (Phi) is 4.43. The summed E-state index contributed by atoms with van der Waals surface area (Å²) in [5.41, 5.74) is 1.02. The molecule has 0 spiro atoms. The summed E-state index contributed by atoms with van der Waals surface area (Å²) in [6.45, 7) is 2.69. The second-order valence-corrected chi connectivity index (χ2v) is 4.55. The number of anilines is 1. The highest BCUT2D eigenvalue weighted by Crippen LogP contribution is 2.28. The first-order valence-electron chi connectivity index (χ1n) is 5.78.